The van der Waals surface area contributed by atoms with Gasteiger partial charge in [-0.3, -0.25) is 0 Å². The van der Waals surface area contributed by atoms with Crippen LogP contribution in [0, 0.1) is 0 Å². The van der Waals surface area contributed by atoms with Gasteiger partial charge in [-0.05, 0) is 17.7 Å². The van der Waals surface area contributed by atoms with Crippen molar-refractivity contribution in [2.45, 2.75) is 6.54 Å². The fraction of sp³-hybridized carbons (Fsp3) is 0.0909. The minimum atomic E-state index is -1.03. The lowest BCUT2D eigenvalue weighted by molar-refractivity contribution is 0.0679. The molecule has 16 heavy (non-hydrogen) atoms. The Hall–Kier alpha value is -2.30. The number of hydrogen-bond donors (Lipinski definition) is 2. The van der Waals surface area contributed by atoms with Crippen LogP contribution in [0.4, 0.5) is 5.69 Å². The molecule has 0 aliphatic carbocycles. The van der Waals surface area contributed by atoms with Gasteiger partial charge in [0, 0.05) is 24.6 Å². The van der Waals surface area contributed by atoms with Crippen molar-refractivity contribution in [3.05, 3.63) is 48.0 Å². The fourth-order valence-corrected chi connectivity index (χ4v) is 1.45. The van der Waals surface area contributed by atoms with Gasteiger partial charge >= 0.3 is 5.97 Å². The lowest BCUT2D eigenvalue weighted by atomic mass is 10.2. The average Bonchev–Trinajstić information content (AvgIpc) is 2.69. The number of nitrogen functional groups attached to an aromatic ring is 1. The third-order valence-electron chi connectivity index (χ3n) is 2.24. The number of nitrogens with two attached hydrogens (primary N) is 1. The largest absolute Gasteiger partial charge is 0.475 e. The maximum Gasteiger partial charge on any atom is 0.372 e. The van der Waals surface area contributed by atoms with Gasteiger partial charge in [0.05, 0.1) is 0 Å². The molecule has 3 N–H and O–H groups in total. The Balaban J connectivity index is 2.23. The van der Waals surface area contributed by atoms with Gasteiger partial charge < -0.3 is 15.4 Å². The standard InChI is InChI=1S/C11H11N3O2/c12-9-3-1-8(2-4-9)7-14-6-5-13-10(14)11(15)16/h1-6H,7,12H2,(H,15,16). The Kier molecular flexibility index (Phi) is 2.59. The number of carboxylic acids is 1. The van der Waals surface area contributed by atoms with E-state index in [2.05, 4.69) is 4.98 Å². The van der Waals surface area contributed by atoms with E-state index in [0.29, 0.717) is 12.2 Å². The predicted molar refractivity (Wildman–Crippen MR) is 59.1 cm³/mol. The summed E-state index contributed by atoms with van der Waals surface area (Å²) in [5, 5.41) is 8.87. The Morgan fingerprint density at radius 2 is 2.06 bits per heavy atom. The first-order chi connectivity index (χ1) is 7.66. The zero-order valence-electron chi connectivity index (χ0n) is 8.50. The highest BCUT2D eigenvalue weighted by Gasteiger charge is 2.10. The topological polar surface area (TPSA) is 81.1 Å². The third-order valence-corrected chi connectivity index (χ3v) is 2.24. The molecule has 2 rings (SSSR count). The van der Waals surface area contributed by atoms with Crippen LogP contribution >= 0.6 is 0 Å². The molecule has 0 saturated heterocycles. The van der Waals surface area contributed by atoms with Crippen LogP contribution in [0.3, 0.4) is 0 Å². The summed E-state index contributed by atoms with van der Waals surface area (Å²) in [5.74, 6) is -0.989. The molecular weight excluding hydrogens is 206 g/mol. The third kappa shape index (κ3) is 2.03. The number of benzene rings is 1. The number of carboxylic acid groups (broad SMARTS) is 1. The molecule has 0 radical (unpaired) electrons. The summed E-state index contributed by atoms with van der Waals surface area (Å²) in [7, 11) is 0. The highest BCUT2D eigenvalue weighted by molar-refractivity contribution is 5.83. The maximum absolute atomic E-state index is 10.8. The SMILES string of the molecule is Nc1ccc(Cn2ccnc2C(=O)O)cc1. The summed E-state index contributed by atoms with van der Waals surface area (Å²) in [6, 6.07) is 7.29. The van der Waals surface area contributed by atoms with Gasteiger partial charge in [-0.25, -0.2) is 9.78 Å². The molecule has 0 bridgehead atoms. The number of anilines is 1. The van der Waals surface area contributed by atoms with Crippen molar-refractivity contribution < 1.29 is 9.90 Å². The predicted octanol–water partition coefficient (Wildman–Crippen LogP) is 1.21. The van der Waals surface area contributed by atoms with Crippen molar-refractivity contribution in [1.82, 2.24) is 9.55 Å². The normalized spacial score (nSPS) is 10.2. The molecule has 0 unspecified atom stereocenters. The lowest BCUT2D eigenvalue weighted by Crippen LogP contribution is -2.10. The fourth-order valence-electron chi connectivity index (χ4n) is 1.45. The molecule has 2 aromatic rings. The molecular formula is C11H11N3O2. The van der Waals surface area contributed by atoms with Gasteiger partial charge in [0.15, 0.2) is 0 Å². The zero-order chi connectivity index (χ0) is 11.5. The summed E-state index contributed by atoms with van der Waals surface area (Å²) in [6.45, 7) is 0.474. The molecule has 1 aromatic carbocycles. The van der Waals surface area contributed by atoms with Crippen LogP contribution in [-0.4, -0.2) is 20.6 Å². The quantitative estimate of drug-likeness (QED) is 0.757. The van der Waals surface area contributed by atoms with Crippen LogP contribution in [0.5, 0.6) is 0 Å². The van der Waals surface area contributed by atoms with Gasteiger partial charge in [-0.1, -0.05) is 12.1 Å². The van der Waals surface area contributed by atoms with E-state index in [1.807, 2.05) is 12.1 Å². The number of rotatable bonds is 3. The smallest absolute Gasteiger partial charge is 0.372 e. The van der Waals surface area contributed by atoms with Crippen LogP contribution in [0.1, 0.15) is 16.2 Å². The first-order valence-corrected chi connectivity index (χ1v) is 4.75. The molecule has 0 aliphatic rings. The van der Waals surface area contributed by atoms with Crippen LogP contribution in [0.15, 0.2) is 36.7 Å². The minimum absolute atomic E-state index is 0.0387. The number of imidazole rings is 1. The van der Waals surface area contributed by atoms with Crippen molar-refractivity contribution in [3.8, 4) is 0 Å². The summed E-state index contributed by atoms with van der Waals surface area (Å²) in [4.78, 5) is 14.6. The van der Waals surface area contributed by atoms with Crippen molar-refractivity contribution in [1.29, 1.82) is 0 Å². The van der Waals surface area contributed by atoms with Crippen molar-refractivity contribution in [2.75, 3.05) is 5.73 Å². The molecule has 0 atom stereocenters. The van der Waals surface area contributed by atoms with E-state index in [1.54, 1.807) is 22.9 Å². The highest BCUT2D eigenvalue weighted by atomic mass is 16.4. The Labute approximate surface area is 92.2 Å². The summed E-state index contributed by atoms with van der Waals surface area (Å²) in [5.41, 5.74) is 7.23. The second kappa shape index (κ2) is 4.06. The Morgan fingerprint density at radius 1 is 1.38 bits per heavy atom. The summed E-state index contributed by atoms with van der Waals surface area (Å²) in [6.07, 6.45) is 3.11. The second-order valence-electron chi connectivity index (χ2n) is 3.43. The maximum atomic E-state index is 10.8. The highest BCUT2D eigenvalue weighted by Crippen LogP contribution is 2.08. The molecule has 0 spiro atoms. The molecule has 0 amide bonds. The van der Waals surface area contributed by atoms with E-state index in [9.17, 15) is 4.79 Å². The summed E-state index contributed by atoms with van der Waals surface area (Å²) >= 11 is 0. The minimum Gasteiger partial charge on any atom is -0.475 e. The number of nitrogens with zero attached hydrogens (tertiary/aromatic N) is 2. The number of carbonyl (C=O) groups is 1. The van der Waals surface area contributed by atoms with Gasteiger partial charge in [-0.2, -0.15) is 0 Å². The van der Waals surface area contributed by atoms with E-state index in [-0.39, 0.29) is 5.82 Å². The molecule has 5 heteroatoms. The van der Waals surface area contributed by atoms with Gasteiger partial charge in [0.1, 0.15) is 0 Å². The molecule has 1 aromatic heterocycles. The molecule has 5 nitrogen and oxygen atoms in total. The van der Waals surface area contributed by atoms with Crippen molar-refractivity contribution in [3.63, 3.8) is 0 Å². The number of hydrogen-bond acceptors (Lipinski definition) is 3. The van der Waals surface area contributed by atoms with Crippen LogP contribution in [0.2, 0.25) is 0 Å². The van der Waals surface area contributed by atoms with E-state index in [4.69, 9.17) is 10.8 Å². The van der Waals surface area contributed by atoms with Crippen LogP contribution < -0.4 is 5.73 Å². The van der Waals surface area contributed by atoms with Gasteiger partial charge in [0.25, 0.3) is 0 Å². The Bertz CT molecular complexity index is 502. The zero-order valence-corrected chi connectivity index (χ0v) is 8.50. The van der Waals surface area contributed by atoms with Crippen molar-refractivity contribution >= 4 is 11.7 Å². The molecule has 1 heterocycles. The molecule has 0 fully saturated rings. The molecule has 0 saturated carbocycles. The Morgan fingerprint density at radius 3 is 2.69 bits per heavy atom. The first-order valence-electron chi connectivity index (χ1n) is 4.75. The van der Waals surface area contributed by atoms with E-state index in [1.165, 1.54) is 6.20 Å². The van der Waals surface area contributed by atoms with E-state index in [0.717, 1.165) is 5.56 Å². The lowest BCUT2D eigenvalue weighted by Gasteiger charge is -2.05. The summed E-state index contributed by atoms with van der Waals surface area (Å²) < 4.78 is 1.58. The molecule has 82 valence electrons. The monoisotopic (exact) mass is 217 g/mol. The van der Waals surface area contributed by atoms with Crippen molar-refractivity contribution in [2.24, 2.45) is 0 Å². The van der Waals surface area contributed by atoms with Crippen LogP contribution in [0.25, 0.3) is 0 Å². The van der Waals surface area contributed by atoms with Gasteiger partial charge in [0.2, 0.25) is 5.82 Å². The average molecular weight is 217 g/mol. The van der Waals surface area contributed by atoms with E-state index < -0.39 is 5.97 Å². The number of aromatic nitrogens is 2. The van der Waals surface area contributed by atoms with Crippen LogP contribution in [-0.2, 0) is 6.54 Å². The number of aromatic carboxylic acids is 1. The molecule has 0 aliphatic heterocycles. The first kappa shape index (κ1) is 10.2. The van der Waals surface area contributed by atoms with E-state index >= 15 is 0 Å². The second-order valence-corrected chi connectivity index (χ2v) is 3.43. The van der Waals surface area contributed by atoms with Gasteiger partial charge in [-0.15, -0.1) is 0 Å².